The van der Waals surface area contributed by atoms with Crippen molar-refractivity contribution in [2.75, 3.05) is 0 Å². The van der Waals surface area contributed by atoms with Crippen LogP contribution < -0.4 is 10.1 Å². The van der Waals surface area contributed by atoms with Crippen molar-refractivity contribution in [1.29, 1.82) is 0 Å². The summed E-state index contributed by atoms with van der Waals surface area (Å²) in [6, 6.07) is 12.1. The number of amides is 1. The molecular formula is C23H25ClFNO2. The Labute approximate surface area is 170 Å². The third-order valence-corrected chi connectivity index (χ3v) is 5.31. The zero-order valence-electron chi connectivity index (χ0n) is 15.8. The van der Waals surface area contributed by atoms with Gasteiger partial charge in [-0.2, -0.15) is 0 Å². The number of ether oxygens (including phenoxy) is 1. The lowest BCUT2D eigenvalue weighted by atomic mass is 10.1. The second kappa shape index (κ2) is 10.3. The van der Waals surface area contributed by atoms with E-state index in [9.17, 15) is 9.18 Å². The van der Waals surface area contributed by atoms with Gasteiger partial charge in [0.05, 0.1) is 5.02 Å². The first-order valence-corrected chi connectivity index (χ1v) is 10.1. The Morgan fingerprint density at radius 1 is 1.11 bits per heavy atom. The van der Waals surface area contributed by atoms with Crippen LogP contribution in [-0.2, 0) is 11.4 Å². The van der Waals surface area contributed by atoms with E-state index in [4.69, 9.17) is 16.3 Å². The predicted molar refractivity (Wildman–Crippen MR) is 111 cm³/mol. The number of hydrogen-bond acceptors (Lipinski definition) is 2. The molecule has 0 radical (unpaired) electrons. The van der Waals surface area contributed by atoms with Crippen LogP contribution in [0.2, 0.25) is 5.02 Å². The normalized spacial score (nSPS) is 15.4. The lowest BCUT2D eigenvalue weighted by Gasteiger charge is -2.14. The molecule has 1 saturated carbocycles. The molecule has 0 aromatic heterocycles. The maximum Gasteiger partial charge on any atom is 0.244 e. The van der Waals surface area contributed by atoms with Gasteiger partial charge in [0, 0.05) is 17.7 Å². The van der Waals surface area contributed by atoms with E-state index in [0.717, 1.165) is 18.4 Å². The zero-order chi connectivity index (χ0) is 19.8. The van der Waals surface area contributed by atoms with Gasteiger partial charge < -0.3 is 10.1 Å². The number of benzene rings is 2. The van der Waals surface area contributed by atoms with Crippen LogP contribution in [-0.4, -0.2) is 11.9 Å². The van der Waals surface area contributed by atoms with E-state index in [0.29, 0.717) is 22.4 Å². The van der Waals surface area contributed by atoms with E-state index < -0.39 is 0 Å². The summed E-state index contributed by atoms with van der Waals surface area (Å²) < 4.78 is 19.4. The van der Waals surface area contributed by atoms with Crippen molar-refractivity contribution < 1.29 is 13.9 Å². The van der Waals surface area contributed by atoms with E-state index in [1.165, 1.54) is 31.7 Å². The van der Waals surface area contributed by atoms with E-state index >= 15 is 0 Å². The second-order valence-corrected chi connectivity index (χ2v) is 7.50. The molecule has 5 heteroatoms. The minimum absolute atomic E-state index is 0.0542. The summed E-state index contributed by atoms with van der Waals surface area (Å²) >= 11 is 6.00. The topological polar surface area (TPSA) is 38.3 Å². The largest absolute Gasteiger partial charge is 0.489 e. The molecule has 148 valence electrons. The summed E-state index contributed by atoms with van der Waals surface area (Å²) in [5.41, 5.74) is 1.23. The molecule has 0 heterocycles. The molecule has 1 aliphatic carbocycles. The smallest absolute Gasteiger partial charge is 0.244 e. The summed E-state index contributed by atoms with van der Waals surface area (Å²) in [5.74, 6) is 0.174. The minimum Gasteiger partial charge on any atom is -0.489 e. The van der Waals surface area contributed by atoms with Gasteiger partial charge in [-0.1, -0.05) is 55.5 Å². The highest BCUT2D eigenvalue weighted by Gasteiger charge is 2.13. The molecule has 0 aliphatic heterocycles. The molecule has 0 unspecified atom stereocenters. The van der Waals surface area contributed by atoms with Gasteiger partial charge in [0.2, 0.25) is 5.91 Å². The lowest BCUT2D eigenvalue weighted by molar-refractivity contribution is -0.117. The fraction of sp³-hybridized carbons (Fsp3) is 0.348. The van der Waals surface area contributed by atoms with Crippen LogP contribution in [0.15, 0.2) is 48.5 Å². The number of halogens is 2. The standard InChI is InChI=1S/C23H25ClFNO2/c24-21-8-5-9-22(25)20(21)16-28-19-13-10-17(11-14-19)12-15-23(27)26-18-6-3-1-2-4-7-18/h5,8-15,18H,1-4,6-7,16H2,(H,26,27). The van der Waals surface area contributed by atoms with Crippen molar-refractivity contribution in [1.82, 2.24) is 5.32 Å². The molecule has 0 spiro atoms. The maximum absolute atomic E-state index is 13.8. The molecule has 2 aromatic rings. The highest BCUT2D eigenvalue weighted by Crippen LogP contribution is 2.22. The van der Waals surface area contributed by atoms with Gasteiger partial charge in [-0.05, 0) is 48.7 Å². The van der Waals surface area contributed by atoms with Crippen molar-refractivity contribution in [3.8, 4) is 5.75 Å². The average Bonchev–Trinajstić information content (AvgIpc) is 2.95. The summed E-state index contributed by atoms with van der Waals surface area (Å²) in [6.45, 7) is 0.0600. The predicted octanol–water partition coefficient (Wildman–Crippen LogP) is 5.91. The van der Waals surface area contributed by atoms with Crippen LogP contribution >= 0.6 is 11.6 Å². The van der Waals surface area contributed by atoms with E-state index in [1.807, 2.05) is 12.1 Å². The molecule has 1 amide bonds. The van der Waals surface area contributed by atoms with Gasteiger partial charge in [-0.25, -0.2) is 4.39 Å². The Hall–Kier alpha value is -2.33. The number of rotatable bonds is 6. The van der Waals surface area contributed by atoms with Gasteiger partial charge in [0.1, 0.15) is 18.2 Å². The van der Waals surface area contributed by atoms with Crippen molar-refractivity contribution in [3.63, 3.8) is 0 Å². The first-order chi connectivity index (χ1) is 13.6. The maximum atomic E-state index is 13.8. The Kier molecular flexibility index (Phi) is 7.49. The number of hydrogen-bond donors (Lipinski definition) is 1. The molecule has 3 rings (SSSR count). The molecule has 1 aliphatic rings. The van der Waals surface area contributed by atoms with Crippen LogP contribution in [0, 0.1) is 5.82 Å². The molecule has 28 heavy (non-hydrogen) atoms. The highest BCUT2D eigenvalue weighted by molar-refractivity contribution is 6.31. The molecule has 2 aromatic carbocycles. The molecule has 0 bridgehead atoms. The first-order valence-electron chi connectivity index (χ1n) is 9.76. The summed E-state index contributed by atoms with van der Waals surface area (Å²) in [7, 11) is 0. The quantitative estimate of drug-likeness (QED) is 0.482. The monoisotopic (exact) mass is 401 g/mol. The van der Waals surface area contributed by atoms with Crippen LogP contribution in [0.4, 0.5) is 4.39 Å². The van der Waals surface area contributed by atoms with Crippen molar-refractivity contribution in [2.24, 2.45) is 0 Å². The highest BCUT2D eigenvalue weighted by atomic mass is 35.5. The summed E-state index contributed by atoms with van der Waals surface area (Å²) in [6.07, 6.45) is 10.4. The van der Waals surface area contributed by atoms with Crippen LogP contribution in [0.5, 0.6) is 5.75 Å². The Bertz CT molecular complexity index is 792. The fourth-order valence-electron chi connectivity index (χ4n) is 3.35. The minimum atomic E-state index is -0.383. The molecule has 0 saturated heterocycles. The Balaban J connectivity index is 1.51. The number of nitrogens with one attached hydrogen (secondary N) is 1. The Morgan fingerprint density at radius 2 is 1.82 bits per heavy atom. The second-order valence-electron chi connectivity index (χ2n) is 7.09. The first kappa shape index (κ1) is 20.4. The average molecular weight is 402 g/mol. The van der Waals surface area contributed by atoms with Gasteiger partial charge >= 0.3 is 0 Å². The SMILES string of the molecule is O=C(C=Cc1ccc(OCc2c(F)cccc2Cl)cc1)NC1CCCCCC1. The Morgan fingerprint density at radius 3 is 2.50 bits per heavy atom. The van der Waals surface area contributed by atoms with Crippen LogP contribution in [0.3, 0.4) is 0 Å². The van der Waals surface area contributed by atoms with Gasteiger partial charge in [-0.3, -0.25) is 4.79 Å². The van der Waals surface area contributed by atoms with E-state index in [1.54, 1.807) is 36.4 Å². The van der Waals surface area contributed by atoms with Crippen LogP contribution in [0.1, 0.15) is 49.7 Å². The number of carbonyl (C=O) groups excluding carboxylic acids is 1. The summed E-state index contributed by atoms with van der Waals surface area (Å²) in [4.78, 5) is 12.1. The van der Waals surface area contributed by atoms with Crippen molar-refractivity contribution in [2.45, 2.75) is 51.2 Å². The van der Waals surface area contributed by atoms with Crippen molar-refractivity contribution >= 4 is 23.6 Å². The number of carbonyl (C=O) groups is 1. The third kappa shape index (κ3) is 6.10. The fourth-order valence-corrected chi connectivity index (χ4v) is 3.56. The van der Waals surface area contributed by atoms with Crippen molar-refractivity contribution in [3.05, 3.63) is 70.5 Å². The van der Waals surface area contributed by atoms with Gasteiger partial charge in [0.15, 0.2) is 0 Å². The lowest BCUT2D eigenvalue weighted by Crippen LogP contribution is -2.33. The summed E-state index contributed by atoms with van der Waals surface area (Å²) in [5, 5.41) is 3.44. The third-order valence-electron chi connectivity index (χ3n) is 4.95. The zero-order valence-corrected chi connectivity index (χ0v) is 16.6. The molecule has 3 nitrogen and oxygen atoms in total. The molecule has 0 atom stereocenters. The molecular weight excluding hydrogens is 377 g/mol. The molecule has 1 N–H and O–H groups in total. The van der Waals surface area contributed by atoms with E-state index in [2.05, 4.69) is 5.32 Å². The van der Waals surface area contributed by atoms with E-state index in [-0.39, 0.29) is 18.3 Å². The van der Waals surface area contributed by atoms with Gasteiger partial charge in [0.25, 0.3) is 0 Å². The van der Waals surface area contributed by atoms with Crippen LogP contribution in [0.25, 0.3) is 6.08 Å². The van der Waals surface area contributed by atoms with Gasteiger partial charge in [-0.15, -0.1) is 0 Å². The molecule has 1 fully saturated rings.